The first kappa shape index (κ1) is 10.8. The van der Waals surface area contributed by atoms with Crippen LogP contribution in [0, 0.1) is 10.1 Å². The summed E-state index contributed by atoms with van der Waals surface area (Å²) in [5.41, 5.74) is 0.833. The molecule has 1 aromatic heterocycles. The van der Waals surface area contributed by atoms with E-state index in [1.807, 2.05) is 0 Å². The van der Waals surface area contributed by atoms with Crippen LogP contribution in [0.5, 0.6) is 0 Å². The van der Waals surface area contributed by atoms with Crippen LogP contribution in [0.1, 0.15) is 12.8 Å². The molecule has 2 N–H and O–H groups in total. The molecule has 1 unspecified atom stereocenters. The highest BCUT2D eigenvalue weighted by molar-refractivity contribution is 5.44. The molecule has 2 heterocycles. The van der Waals surface area contributed by atoms with Crippen LogP contribution in [0.15, 0.2) is 18.3 Å². The molecule has 1 atom stereocenters. The van der Waals surface area contributed by atoms with Gasteiger partial charge in [-0.3, -0.25) is 0 Å². The van der Waals surface area contributed by atoms with Crippen LogP contribution >= 0.6 is 0 Å². The van der Waals surface area contributed by atoms with E-state index < -0.39 is 4.92 Å². The Morgan fingerprint density at radius 3 is 3.00 bits per heavy atom. The molecule has 0 amide bonds. The van der Waals surface area contributed by atoms with Crippen LogP contribution in [0.3, 0.4) is 0 Å². The van der Waals surface area contributed by atoms with Crippen LogP contribution < -0.4 is 10.6 Å². The largest absolute Gasteiger partial charge is 0.378 e. The third-order valence-corrected chi connectivity index (χ3v) is 2.60. The van der Waals surface area contributed by atoms with Gasteiger partial charge in [0.05, 0.1) is 5.69 Å². The van der Waals surface area contributed by atoms with Crippen LogP contribution in [-0.2, 0) is 0 Å². The van der Waals surface area contributed by atoms with Gasteiger partial charge in [-0.05, 0) is 35.4 Å². The van der Waals surface area contributed by atoms with Gasteiger partial charge in [0.15, 0.2) is 6.20 Å². The molecule has 0 spiro atoms. The molecule has 16 heavy (non-hydrogen) atoms. The molecule has 0 aliphatic carbocycles. The summed E-state index contributed by atoms with van der Waals surface area (Å²) >= 11 is 0. The number of aromatic nitrogens is 1. The van der Waals surface area contributed by atoms with E-state index in [4.69, 9.17) is 0 Å². The SMILES string of the molecule is O=[N+]([O-])c1ccc(NC2CCCNC2)cn1. The predicted molar refractivity (Wildman–Crippen MR) is 60.4 cm³/mol. The molecule has 1 aliphatic rings. The van der Waals surface area contributed by atoms with E-state index in [0.717, 1.165) is 31.6 Å². The number of pyridine rings is 1. The van der Waals surface area contributed by atoms with E-state index in [1.165, 1.54) is 12.3 Å². The third kappa shape index (κ3) is 2.66. The number of hydrogen-bond acceptors (Lipinski definition) is 5. The van der Waals surface area contributed by atoms with E-state index >= 15 is 0 Å². The van der Waals surface area contributed by atoms with Crippen molar-refractivity contribution in [1.29, 1.82) is 0 Å². The van der Waals surface area contributed by atoms with Crippen molar-refractivity contribution in [3.63, 3.8) is 0 Å². The molecular formula is C10H14N4O2. The summed E-state index contributed by atoms with van der Waals surface area (Å²) in [7, 11) is 0. The van der Waals surface area contributed by atoms with Gasteiger partial charge in [0.1, 0.15) is 0 Å². The minimum absolute atomic E-state index is 0.118. The van der Waals surface area contributed by atoms with E-state index in [-0.39, 0.29) is 5.82 Å². The van der Waals surface area contributed by atoms with Crippen molar-refractivity contribution in [3.8, 4) is 0 Å². The van der Waals surface area contributed by atoms with E-state index in [9.17, 15) is 10.1 Å². The number of piperidine rings is 1. The van der Waals surface area contributed by atoms with E-state index in [2.05, 4.69) is 15.6 Å². The summed E-state index contributed by atoms with van der Waals surface area (Å²) in [6, 6.07) is 3.50. The fraction of sp³-hybridized carbons (Fsp3) is 0.500. The Hall–Kier alpha value is -1.69. The Morgan fingerprint density at radius 1 is 1.56 bits per heavy atom. The van der Waals surface area contributed by atoms with Crippen molar-refractivity contribution in [3.05, 3.63) is 28.4 Å². The molecule has 0 saturated carbocycles. The molecule has 0 radical (unpaired) electrons. The van der Waals surface area contributed by atoms with Gasteiger partial charge in [-0.15, -0.1) is 0 Å². The van der Waals surface area contributed by atoms with Gasteiger partial charge >= 0.3 is 5.82 Å². The number of nitrogens with one attached hydrogen (secondary N) is 2. The monoisotopic (exact) mass is 222 g/mol. The molecule has 6 nitrogen and oxygen atoms in total. The summed E-state index contributed by atoms with van der Waals surface area (Å²) in [5.74, 6) is -0.118. The topological polar surface area (TPSA) is 80.1 Å². The van der Waals surface area contributed by atoms with Crippen molar-refractivity contribution >= 4 is 11.5 Å². The van der Waals surface area contributed by atoms with Crippen LogP contribution in [0.25, 0.3) is 0 Å². The zero-order chi connectivity index (χ0) is 11.4. The van der Waals surface area contributed by atoms with Crippen LogP contribution in [0.2, 0.25) is 0 Å². The second kappa shape index (κ2) is 4.89. The van der Waals surface area contributed by atoms with Gasteiger partial charge in [0.2, 0.25) is 0 Å². The molecular weight excluding hydrogens is 208 g/mol. The van der Waals surface area contributed by atoms with Gasteiger partial charge in [-0.25, -0.2) is 0 Å². The first-order valence-electron chi connectivity index (χ1n) is 5.33. The number of anilines is 1. The van der Waals surface area contributed by atoms with Crippen molar-refractivity contribution in [2.75, 3.05) is 18.4 Å². The van der Waals surface area contributed by atoms with Gasteiger partial charge < -0.3 is 20.7 Å². The Kier molecular flexibility index (Phi) is 3.31. The maximum absolute atomic E-state index is 10.4. The van der Waals surface area contributed by atoms with Crippen molar-refractivity contribution in [2.45, 2.75) is 18.9 Å². The average Bonchev–Trinajstić information content (AvgIpc) is 2.31. The summed E-state index contributed by atoms with van der Waals surface area (Å²) in [5, 5.41) is 17.0. The Bertz CT molecular complexity index is 360. The van der Waals surface area contributed by atoms with Crippen LogP contribution in [0.4, 0.5) is 11.5 Å². The lowest BCUT2D eigenvalue weighted by Gasteiger charge is -2.24. The fourth-order valence-corrected chi connectivity index (χ4v) is 1.79. The molecule has 2 rings (SSSR count). The lowest BCUT2D eigenvalue weighted by molar-refractivity contribution is -0.389. The highest BCUT2D eigenvalue weighted by Gasteiger charge is 2.13. The van der Waals surface area contributed by atoms with Crippen molar-refractivity contribution in [2.24, 2.45) is 0 Å². The molecule has 0 aromatic carbocycles. The zero-order valence-corrected chi connectivity index (χ0v) is 8.85. The fourth-order valence-electron chi connectivity index (χ4n) is 1.79. The van der Waals surface area contributed by atoms with Gasteiger partial charge in [0, 0.05) is 18.7 Å². The second-order valence-corrected chi connectivity index (χ2v) is 3.85. The molecule has 1 saturated heterocycles. The minimum Gasteiger partial charge on any atom is -0.378 e. The predicted octanol–water partition coefficient (Wildman–Crippen LogP) is 1.15. The maximum atomic E-state index is 10.4. The summed E-state index contributed by atoms with van der Waals surface area (Å²) in [6.07, 6.45) is 3.77. The molecule has 6 heteroatoms. The quantitative estimate of drug-likeness (QED) is 0.592. The highest BCUT2D eigenvalue weighted by Crippen LogP contribution is 2.14. The van der Waals surface area contributed by atoms with E-state index in [0.29, 0.717) is 6.04 Å². The molecule has 1 aromatic rings. The minimum atomic E-state index is -0.494. The molecule has 1 fully saturated rings. The highest BCUT2D eigenvalue weighted by atomic mass is 16.6. The molecule has 0 bridgehead atoms. The van der Waals surface area contributed by atoms with Gasteiger partial charge in [-0.1, -0.05) is 0 Å². The second-order valence-electron chi connectivity index (χ2n) is 3.85. The van der Waals surface area contributed by atoms with Gasteiger partial charge in [-0.2, -0.15) is 0 Å². The zero-order valence-electron chi connectivity index (χ0n) is 8.85. The standard InChI is InChI=1S/C10H14N4O2/c15-14(16)10-4-3-9(7-12-10)13-8-2-1-5-11-6-8/h3-4,7-8,11,13H,1-2,5-6H2. The lowest BCUT2D eigenvalue weighted by atomic mass is 10.1. The molecule has 1 aliphatic heterocycles. The third-order valence-electron chi connectivity index (χ3n) is 2.60. The Morgan fingerprint density at radius 2 is 2.44 bits per heavy atom. The lowest BCUT2D eigenvalue weighted by Crippen LogP contribution is -2.38. The Labute approximate surface area is 93.2 Å². The maximum Gasteiger partial charge on any atom is 0.363 e. The number of nitro groups is 1. The van der Waals surface area contributed by atoms with Crippen LogP contribution in [-0.4, -0.2) is 29.0 Å². The van der Waals surface area contributed by atoms with Gasteiger partial charge in [0.25, 0.3) is 0 Å². The van der Waals surface area contributed by atoms with Crippen molar-refractivity contribution in [1.82, 2.24) is 10.3 Å². The molecule has 86 valence electrons. The number of nitrogens with zero attached hydrogens (tertiary/aromatic N) is 2. The normalized spacial score (nSPS) is 20.4. The first-order chi connectivity index (χ1) is 7.75. The number of rotatable bonds is 3. The smallest absolute Gasteiger partial charge is 0.363 e. The Balaban J connectivity index is 1.96. The summed E-state index contributed by atoms with van der Waals surface area (Å²) in [6.45, 7) is 1.99. The average molecular weight is 222 g/mol. The van der Waals surface area contributed by atoms with E-state index in [1.54, 1.807) is 6.07 Å². The van der Waals surface area contributed by atoms with Crippen molar-refractivity contribution < 1.29 is 4.92 Å². The summed E-state index contributed by atoms with van der Waals surface area (Å²) in [4.78, 5) is 13.7. The number of hydrogen-bond donors (Lipinski definition) is 2. The summed E-state index contributed by atoms with van der Waals surface area (Å²) < 4.78 is 0. The first-order valence-corrected chi connectivity index (χ1v) is 5.33.